The number of ether oxygens (including phenoxy) is 1. The molecule has 0 radical (unpaired) electrons. The number of carbonyl (C=O) groups is 1. The van der Waals surface area contributed by atoms with E-state index in [4.69, 9.17) is 14.9 Å². The van der Waals surface area contributed by atoms with Crippen molar-refractivity contribution in [2.45, 2.75) is 39.7 Å². The Morgan fingerprint density at radius 3 is 2.84 bits per heavy atom. The summed E-state index contributed by atoms with van der Waals surface area (Å²) in [4.78, 5) is 14.7. The van der Waals surface area contributed by atoms with Crippen LogP contribution in [-0.4, -0.2) is 28.8 Å². The lowest BCUT2D eigenvalue weighted by molar-refractivity contribution is -0.120. The van der Waals surface area contributed by atoms with Crippen molar-refractivity contribution in [3.8, 4) is 5.75 Å². The number of aryl methyl sites for hydroxylation is 1. The van der Waals surface area contributed by atoms with Gasteiger partial charge >= 0.3 is 0 Å². The van der Waals surface area contributed by atoms with Gasteiger partial charge in [-0.1, -0.05) is 0 Å². The summed E-state index contributed by atoms with van der Waals surface area (Å²) < 4.78 is 11.6. The SMILES string of the molecule is CC1=C(COc2ccc3oc(C)cc3c2)SCN1C(C)(C)CC(N)=O. The number of rotatable bonds is 6. The first-order valence-electron chi connectivity index (χ1n) is 8.28. The Morgan fingerprint density at radius 1 is 1.36 bits per heavy atom. The van der Waals surface area contributed by atoms with Crippen LogP contribution in [0.15, 0.2) is 39.3 Å². The molecule has 0 fully saturated rings. The molecule has 2 N–H and O–H groups in total. The minimum atomic E-state index is -0.294. The molecule has 0 saturated heterocycles. The minimum absolute atomic E-state index is 0.281. The zero-order valence-corrected chi connectivity index (χ0v) is 15.9. The monoisotopic (exact) mass is 360 g/mol. The Labute approximate surface area is 152 Å². The van der Waals surface area contributed by atoms with Crippen molar-refractivity contribution >= 4 is 28.6 Å². The summed E-state index contributed by atoms with van der Waals surface area (Å²) >= 11 is 1.75. The number of nitrogens with two attached hydrogens (primary N) is 1. The lowest BCUT2D eigenvalue weighted by Gasteiger charge is -2.37. The largest absolute Gasteiger partial charge is 0.488 e. The number of carbonyl (C=O) groups excluding carboxylic acids is 1. The van der Waals surface area contributed by atoms with Gasteiger partial charge in [0.25, 0.3) is 0 Å². The van der Waals surface area contributed by atoms with E-state index in [1.807, 2.05) is 45.0 Å². The molecule has 1 aromatic carbocycles. The number of hydrogen-bond acceptors (Lipinski definition) is 5. The Morgan fingerprint density at radius 2 is 2.12 bits per heavy atom. The first-order chi connectivity index (χ1) is 11.8. The van der Waals surface area contributed by atoms with E-state index >= 15 is 0 Å². The van der Waals surface area contributed by atoms with Gasteiger partial charge in [0.2, 0.25) is 5.91 Å². The number of furan rings is 1. The molecule has 2 aromatic rings. The van der Waals surface area contributed by atoms with Crippen molar-refractivity contribution in [3.63, 3.8) is 0 Å². The zero-order chi connectivity index (χ0) is 18.2. The standard InChI is InChI=1S/C19H24N2O3S/c1-12-7-14-8-15(5-6-16(14)24-12)23-10-17-13(2)21(11-25-17)19(3,4)9-18(20)22/h5-8H,9-11H2,1-4H3,(H2,20,22). The van der Waals surface area contributed by atoms with Crippen molar-refractivity contribution in [2.75, 3.05) is 12.5 Å². The van der Waals surface area contributed by atoms with E-state index in [0.29, 0.717) is 13.0 Å². The molecule has 0 bridgehead atoms. The van der Waals surface area contributed by atoms with Crippen LogP contribution in [0.5, 0.6) is 5.75 Å². The number of amides is 1. The number of benzene rings is 1. The lowest BCUT2D eigenvalue weighted by atomic mass is 9.97. The molecule has 1 aliphatic rings. The fourth-order valence-electron chi connectivity index (χ4n) is 3.18. The predicted octanol–water partition coefficient (Wildman–Crippen LogP) is 4.01. The molecule has 3 rings (SSSR count). The molecule has 25 heavy (non-hydrogen) atoms. The quantitative estimate of drug-likeness (QED) is 0.843. The third-order valence-electron chi connectivity index (χ3n) is 4.49. The van der Waals surface area contributed by atoms with E-state index in [1.54, 1.807) is 11.8 Å². The molecule has 0 saturated carbocycles. The molecular formula is C19H24N2O3S. The second kappa shape index (κ2) is 6.67. The predicted molar refractivity (Wildman–Crippen MR) is 101 cm³/mol. The highest BCUT2D eigenvalue weighted by molar-refractivity contribution is 8.03. The van der Waals surface area contributed by atoms with Crippen LogP contribution in [0.1, 0.15) is 33.0 Å². The van der Waals surface area contributed by atoms with E-state index in [2.05, 4.69) is 11.8 Å². The van der Waals surface area contributed by atoms with E-state index in [9.17, 15) is 4.79 Å². The first-order valence-corrected chi connectivity index (χ1v) is 9.26. The molecule has 0 unspecified atom stereocenters. The maximum Gasteiger partial charge on any atom is 0.219 e. The zero-order valence-electron chi connectivity index (χ0n) is 15.1. The van der Waals surface area contributed by atoms with Crippen LogP contribution < -0.4 is 10.5 Å². The van der Waals surface area contributed by atoms with Crippen molar-refractivity contribution in [2.24, 2.45) is 5.73 Å². The van der Waals surface area contributed by atoms with E-state index in [1.165, 1.54) is 4.91 Å². The van der Waals surface area contributed by atoms with Gasteiger partial charge in [-0.2, -0.15) is 0 Å². The van der Waals surface area contributed by atoms with Crippen LogP contribution in [0.2, 0.25) is 0 Å². The molecule has 0 spiro atoms. The maximum absolute atomic E-state index is 11.3. The Kier molecular flexibility index (Phi) is 4.73. The molecule has 5 nitrogen and oxygen atoms in total. The smallest absolute Gasteiger partial charge is 0.219 e. The molecule has 1 aromatic heterocycles. The van der Waals surface area contributed by atoms with Gasteiger partial charge in [0.15, 0.2) is 0 Å². The molecule has 6 heteroatoms. The van der Waals surface area contributed by atoms with Crippen LogP contribution >= 0.6 is 11.8 Å². The molecule has 2 heterocycles. The summed E-state index contributed by atoms with van der Waals surface area (Å²) in [5.74, 6) is 2.25. The van der Waals surface area contributed by atoms with Gasteiger partial charge in [-0.25, -0.2) is 0 Å². The topological polar surface area (TPSA) is 68.7 Å². The number of thioether (sulfide) groups is 1. The summed E-state index contributed by atoms with van der Waals surface area (Å²) in [6.07, 6.45) is 0.329. The van der Waals surface area contributed by atoms with Gasteiger partial charge in [-0.3, -0.25) is 4.79 Å². The molecule has 0 aliphatic carbocycles. The summed E-state index contributed by atoms with van der Waals surface area (Å²) in [5, 5.41) is 1.05. The Bertz CT molecular complexity index is 838. The Balaban J connectivity index is 1.70. The third kappa shape index (κ3) is 3.79. The van der Waals surface area contributed by atoms with Crippen molar-refractivity contribution in [1.29, 1.82) is 0 Å². The second-order valence-corrected chi connectivity index (χ2v) is 8.05. The highest BCUT2D eigenvalue weighted by Gasteiger charge is 2.33. The fraction of sp³-hybridized carbons (Fsp3) is 0.421. The van der Waals surface area contributed by atoms with Crippen molar-refractivity contribution in [1.82, 2.24) is 4.90 Å². The summed E-state index contributed by atoms with van der Waals surface area (Å²) in [7, 11) is 0. The summed E-state index contributed by atoms with van der Waals surface area (Å²) in [5.41, 5.74) is 7.11. The normalized spacial score (nSPS) is 15.3. The Hall–Kier alpha value is -2.08. The van der Waals surface area contributed by atoms with Gasteiger partial charge in [0.05, 0.1) is 5.88 Å². The number of primary amides is 1. The average Bonchev–Trinajstić information content (AvgIpc) is 3.05. The molecule has 0 atom stereocenters. The van der Waals surface area contributed by atoms with Crippen LogP contribution in [0.3, 0.4) is 0 Å². The number of allylic oxidation sites excluding steroid dienone is 1. The van der Waals surface area contributed by atoms with E-state index in [0.717, 1.165) is 34.1 Å². The second-order valence-electron chi connectivity index (χ2n) is 7.01. The van der Waals surface area contributed by atoms with Gasteiger partial charge in [0.1, 0.15) is 23.7 Å². The van der Waals surface area contributed by atoms with E-state index < -0.39 is 0 Å². The van der Waals surface area contributed by atoms with E-state index in [-0.39, 0.29) is 11.4 Å². The van der Waals surface area contributed by atoms with Crippen LogP contribution in [-0.2, 0) is 4.79 Å². The third-order valence-corrected chi connectivity index (χ3v) is 5.64. The number of nitrogens with zero attached hydrogens (tertiary/aromatic N) is 1. The van der Waals surface area contributed by atoms with Crippen LogP contribution in [0.4, 0.5) is 0 Å². The highest BCUT2D eigenvalue weighted by Crippen LogP contribution is 2.38. The molecule has 1 amide bonds. The van der Waals surface area contributed by atoms with Gasteiger partial charge in [-0.15, -0.1) is 11.8 Å². The lowest BCUT2D eigenvalue weighted by Crippen LogP contribution is -2.43. The maximum atomic E-state index is 11.3. The fourth-order valence-corrected chi connectivity index (χ4v) is 4.47. The van der Waals surface area contributed by atoms with Crippen LogP contribution in [0.25, 0.3) is 11.0 Å². The number of fused-ring (bicyclic) bond motifs is 1. The number of hydrogen-bond donors (Lipinski definition) is 1. The first kappa shape index (κ1) is 17.7. The molecular weight excluding hydrogens is 336 g/mol. The van der Waals surface area contributed by atoms with Crippen molar-refractivity contribution in [3.05, 3.63) is 40.6 Å². The molecule has 1 aliphatic heterocycles. The van der Waals surface area contributed by atoms with Crippen molar-refractivity contribution < 1.29 is 13.9 Å². The minimum Gasteiger partial charge on any atom is -0.488 e. The summed E-state index contributed by atoms with van der Waals surface area (Å²) in [6.45, 7) is 8.61. The summed E-state index contributed by atoms with van der Waals surface area (Å²) in [6, 6.07) is 7.86. The van der Waals surface area contributed by atoms with Gasteiger partial charge in [-0.05, 0) is 52.0 Å². The average molecular weight is 360 g/mol. The van der Waals surface area contributed by atoms with Gasteiger partial charge < -0.3 is 19.8 Å². The van der Waals surface area contributed by atoms with Gasteiger partial charge in [0, 0.05) is 27.9 Å². The molecule has 134 valence electrons. The van der Waals surface area contributed by atoms with Crippen LogP contribution in [0, 0.1) is 6.92 Å². The highest BCUT2D eigenvalue weighted by atomic mass is 32.2.